The first-order valence-electron chi connectivity index (χ1n) is 12.0. The van der Waals surface area contributed by atoms with Gasteiger partial charge in [-0.1, -0.05) is 53.0 Å². The van der Waals surface area contributed by atoms with Crippen molar-refractivity contribution in [1.29, 1.82) is 0 Å². The highest BCUT2D eigenvalue weighted by molar-refractivity contribution is 7.14. The maximum atomic E-state index is 12.5. The Hall–Kier alpha value is -3.88. The molecule has 200 valence electrons. The lowest BCUT2D eigenvalue weighted by molar-refractivity contribution is 0.0955. The van der Waals surface area contributed by atoms with E-state index >= 15 is 0 Å². The van der Waals surface area contributed by atoms with Crippen molar-refractivity contribution in [3.63, 3.8) is 0 Å². The number of hydrogen-bond acceptors (Lipinski definition) is 6. The van der Waals surface area contributed by atoms with E-state index in [4.69, 9.17) is 39.5 Å². The lowest BCUT2D eigenvalue weighted by Gasteiger charge is -2.08. The van der Waals surface area contributed by atoms with Crippen LogP contribution in [-0.4, -0.2) is 17.1 Å². The summed E-state index contributed by atoms with van der Waals surface area (Å²) in [5.74, 6) is 0.367. The number of anilines is 2. The quantitative estimate of drug-likeness (QED) is 0.130. The molecule has 0 radical (unpaired) electrons. The lowest BCUT2D eigenvalue weighted by Crippen LogP contribution is -2.17. The highest BCUT2D eigenvalue weighted by Crippen LogP contribution is 2.28. The number of carbonyl (C=O) groups excluding carboxylic acids is 1. The molecule has 0 aliphatic carbocycles. The predicted octanol–water partition coefficient (Wildman–Crippen LogP) is 8.86. The molecule has 4 aromatic carbocycles. The first-order chi connectivity index (χ1) is 19.4. The maximum absolute atomic E-state index is 12.5. The largest absolute Gasteiger partial charge is 0.489 e. The second-order valence-electron chi connectivity index (χ2n) is 8.54. The van der Waals surface area contributed by atoms with Crippen LogP contribution in [0.1, 0.15) is 21.5 Å². The summed E-state index contributed by atoms with van der Waals surface area (Å²) in [6, 6.07) is 27.2. The molecule has 1 aromatic heterocycles. The number of benzene rings is 4. The van der Waals surface area contributed by atoms with Crippen LogP contribution in [0.2, 0.25) is 15.1 Å². The predicted molar refractivity (Wildman–Crippen MR) is 165 cm³/mol. The van der Waals surface area contributed by atoms with Crippen LogP contribution < -0.4 is 15.5 Å². The van der Waals surface area contributed by atoms with Gasteiger partial charge >= 0.3 is 0 Å². The van der Waals surface area contributed by atoms with Crippen LogP contribution in [-0.2, 0) is 6.61 Å². The fourth-order valence-corrected chi connectivity index (χ4v) is 4.92. The molecule has 1 amide bonds. The monoisotopic (exact) mass is 606 g/mol. The Bertz CT molecular complexity index is 1640. The van der Waals surface area contributed by atoms with Crippen molar-refractivity contribution in [3.05, 3.63) is 128 Å². The molecule has 0 saturated carbocycles. The zero-order valence-electron chi connectivity index (χ0n) is 20.8. The molecule has 0 atom stereocenters. The summed E-state index contributed by atoms with van der Waals surface area (Å²) in [5.41, 5.74) is 7.31. The van der Waals surface area contributed by atoms with E-state index in [0.29, 0.717) is 33.0 Å². The zero-order valence-corrected chi connectivity index (χ0v) is 23.9. The average molecular weight is 608 g/mol. The van der Waals surface area contributed by atoms with Crippen molar-refractivity contribution in [1.82, 2.24) is 10.4 Å². The number of nitrogens with one attached hydrogen (secondary N) is 2. The summed E-state index contributed by atoms with van der Waals surface area (Å²) in [4.78, 5) is 17.2. The highest BCUT2D eigenvalue weighted by atomic mass is 35.5. The van der Waals surface area contributed by atoms with Crippen molar-refractivity contribution in [2.75, 3.05) is 5.32 Å². The normalized spacial score (nSPS) is 11.0. The van der Waals surface area contributed by atoms with Crippen LogP contribution in [0.4, 0.5) is 10.8 Å². The molecular weight excluding hydrogens is 587 g/mol. The van der Waals surface area contributed by atoms with Crippen LogP contribution in [0.15, 0.2) is 101 Å². The Morgan fingerprint density at radius 2 is 1.62 bits per heavy atom. The first-order valence-corrected chi connectivity index (χ1v) is 14.0. The summed E-state index contributed by atoms with van der Waals surface area (Å²) in [7, 11) is 0. The lowest BCUT2D eigenvalue weighted by atomic mass is 10.1. The van der Waals surface area contributed by atoms with Gasteiger partial charge in [0.2, 0.25) is 0 Å². The third-order valence-electron chi connectivity index (χ3n) is 5.71. The van der Waals surface area contributed by atoms with E-state index < -0.39 is 0 Å². The van der Waals surface area contributed by atoms with E-state index in [-0.39, 0.29) is 5.91 Å². The summed E-state index contributed by atoms with van der Waals surface area (Å²) in [5, 5.41) is 11.9. The molecule has 0 spiro atoms. The minimum Gasteiger partial charge on any atom is -0.489 e. The Morgan fingerprint density at radius 1 is 0.900 bits per heavy atom. The molecule has 40 heavy (non-hydrogen) atoms. The van der Waals surface area contributed by atoms with Crippen LogP contribution in [0.3, 0.4) is 0 Å². The molecule has 0 aliphatic rings. The van der Waals surface area contributed by atoms with Crippen molar-refractivity contribution >= 4 is 69.1 Å². The summed E-state index contributed by atoms with van der Waals surface area (Å²) in [6.07, 6.45) is 1.57. The van der Waals surface area contributed by atoms with Crippen molar-refractivity contribution < 1.29 is 9.53 Å². The Morgan fingerprint density at radius 3 is 2.35 bits per heavy atom. The number of thiazole rings is 1. The summed E-state index contributed by atoms with van der Waals surface area (Å²) >= 11 is 19.6. The Balaban J connectivity index is 1.12. The van der Waals surface area contributed by atoms with Gasteiger partial charge in [-0.25, -0.2) is 10.4 Å². The van der Waals surface area contributed by atoms with Gasteiger partial charge < -0.3 is 10.1 Å². The maximum Gasteiger partial charge on any atom is 0.271 e. The number of aromatic nitrogens is 1. The van der Waals surface area contributed by atoms with Crippen molar-refractivity contribution in [2.45, 2.75) is 6.61 Å². The van der Waals surface area contributed by atoms with Crippen LogP contribution in [0.5, 0.6) is 5.75 Å². The summed E-state index contributed by atoms with van der Waals surface area (Å²) in [6.45, 7) is 0.322. The summed E-state index contributed by atoms with van der Waals surface area (Å²) < 4.78 is 5.79. The molecular formula is C30H21Cl3N4O2S. The van der Waals surface area contributed by atoms with Crippen LogP contribution in [0, 0.1) is 0 Å². The molecule has 0 fully saturated rings. The molecule has 0 unspecified atom stereocenters. The second-order valence-corrected chi connectivity index (χ2v) is 10.7. The molecule has 0 saturated heterocycles. The highest BCUT2D eigenvalue weighted by Gasteiger charge is 2.08. The number of hydrogen-bond donors (Lipinski definition) is 2. The number of amides is 1. The smallest absolute Gasteiger partial charge is 0.271 e. The topological polar surface area (TPSA) is 75.6 Å². The van der Waals surface area contributed by atoms with E-state index in [1.807, 2.05) is 72.1 Å². The number of ether oxygens (including phenoxy) is 1. The van der Waals surface area contributed by atoms with Gasteiger partial charge in [0.1, 0.15) is 12.4 Å². The minimum absolute atomic E-state index is 0.314. The third-order valence-corrected chi connectivity index (χ3v) is 7.31. The molecule has 1 heterocycles. The van der Waals surface area contributed by atoms with Crippen LogP contribution >= 0.6 is 46.1 Å². The zero-order chi connectivity index (χ0) is 27.9. The number of hydrazone groups is 1. The number of carbonyl (C=O) groups is 1. The standard InChI is InChI=1S/C30H21Cl3N4O2S/c31-23-9-11-25(12-10-23)35-30-36-28(18-40-30)20-3-5-21(6-4-20)29(38)37-34-16-19-1-13-26(14-2-19)39-17-22-7-8-24(32)15-27(22)33/h1-16,18H,17H2,(H,35,36)(H,37,38)/b34-16-. The second kappa shape index (κ2) is 13.0. The van der Waals surface area contributed by atoms with Gasteiger partial charge in [0.25, 0.3) is 5.91 Å². The molecule has 5 aromatic rings. The SMILES string of the molecule is O=C(N/N=C\c1ccc(OCc2ccc(Cl)cc2Cl)cc1)c1ccc(-c2csc(Nc3ccc(Cl)cc3)n2)cc1. The van der Waals surface area contributed by atoms with E-state index in [1.165, 1.54) is 11.3 Å². The fourth-order valence-electron chi connectivity index (χ4n) is 3.59. The third kappa shape index (κ3) is 7.40. The van der Waals surface area contributed by atoms with Gasteiger partial charge in [0.15, 0.2) is 5.13 Å². The van der Waals surface area contributed by atoms with Gasteiger partial charge in [-0.3, -0.25) is 4.79 Å². The molecule has 5 rings (SSSR count). The minimum atomic E-state index is -0.314. The molecule has 6 nitrogen and oxygen atoms in total. The van der Waals surface area contributed by atoms with E-state index in [0.717, 1.165) is 33.2 Å². The number of halogens is 3. The van der Waals surface area contributed by atoms with Gasteiger partial charge in [0.05, 0.1) is 11.9 Å². The molecule has 0 bridgehead atoms. The van der Waals surface area contributed by atoms with E-state index in [1.54, 1.807) is 30.5 Å². The van der Waals surface area contributed by atoms with Gasteiger partial charge in [-0.05, 0) is 78.4 Å². The Labute approximate surface area is 250 Å². The average Bonchev–Trinajstić information content (AvgIpc) is 3.43. The fraction of sp³-hybridized carbons (Fsp3) is 0.0333. The number of rotatable bonds is 9. The van der Waals surface area contributed by atoms with Gasteiger partial charge in [0, 0.05) is 42.8 Å². The van der Waals surface area contributed by atoms with E-state index in [9.17, 15) is 4.79 Å². The van der Waals surface area contributed by atoms with E-state index in [2.05, 4.69) is 20.8 Å². The van der Waals surface area contributed by atoms with Crippen LogP contribution in [0.25, 0.3) is 11.3 Å². The van der Waals surface area contributed by atoms with Gasteiger partial charge in [-0.2, -0.15) is 5.10 Å². The van der Waals surface area contributed by atoms with Crippen molar-refractivity contribution in [3.8, 4) is 17.0 Å². The van der Waals surface area contributed by atoms with Crippen molar-refractivity contribution in [2.24, 2.45) is 5.10 Å². The first kappa shape index (κ1) is 27.7. The molecule has 2 N–H and O–H groups in total. The number of nitrogens with zero attached hydrogens (tertiary/aromatic N) is 2. The van der Waals surface area contributed by atoms with Gasteiger partial charge in [-0.15, -0.1) is 11.3 Å². The molecule has 10 heteroatoms. The molecule has 0 aliphatic heterocycles. The Kier molecular flexibility index (Phi) is 8.98.